The van der Waals surface area contributed by atoms with Crippen LogP contribution in [0.1, 0.15) is 11.1 Å². The topological polar surface area (TPSA) is 46.2 Å². The van der Waals surface area contributed by atoms with Crippen LogP contribution in [0.5, 0.6) is 5.75 Å². The lowest BCUT2D eigenvalue weighted by atomic mass is 10.1. The van der Waals surface area contributed by atoms with Crippen LogP contribution in [0.3, 0.4) is 0 Å². The van der Waals surface area contributed by atoms with Gasteiger partial charge in [-0.05, 0) is 17.7 Å². The Morgan fingerprint density at radius 1 is 1.33 bits per heavy atom. The molecule has 0 spiro atoms. The zero-order chi connectivity index (χ0) is 11.5. The number of hydrogen-bond donors (Lipinski definition) is 2. The van der Waals surface area contributed by atoms with E-state index >= 15 is 0 Å². The molecule has 5 heteroatoms. The van der Waals surface area contributed by atoms with Crippen LogP contribution in [0, 0.1) is 0 Å². The Kier molecular flexibility index (Phi) is 3.36. The van der Waals surface area contributed by atoms with Gasteiger partial charge in [-0.1, -0.05) is 18.2 Å². The smallest absolute Gasteiger partial charge is 0.419 e. The van der Waals surface area contributed by atoms with Gasteiger partial charge in [0.25, 0.3) is 0 Å². The van der Waals surface area contributed by atoms with E-state index in [9.17, 15) is 13.2 Å². The number of aromatic hydroxyl groups is 1. The van der Waals surface area contributed by atoms with Crippen LogP contribution in [-0.2, 0) is 6.18 Å². The summed E-state index contributed by atoms with van der Waals surface area (Å²) in [5, 5.41) is 9.03. The van der Waals surface area contributed by atoms with Crippen LogP contribution in [-0.4, -0.2) is 11.7 Å². The third-order valence-electron chi connectivity index (χ3n) is 1.77. The lowest BCUT2D eigenvalue weighted by Crippen LogP contribution is -2.05. The molecule has 0 aromatic heterocycles. The van der Waals surface area contributed by atoms with Crippen molar-refractivity contribution >= 4 is 6.08 Å². The van der Waals surface area contributed by atoms with E-state index in [1.807, 2.05) is 0 Å². The number of phenolic OH excluding ortho intramolecular Hbond substituents is 1. The second-order valence-electron chi connectivity index (χ2n) is 2.91. The molecule has 82 valence electrons. The molecule has 0 aliphatic heterocycles. The molecule has 0 heterocycles. The summed E-state index contributed by atoms with van der Waals surface area (Å²) in [5.41, 5.74) is 4.48. The molecule has 0 aliphatic carbocycles. The Hall–Kier alpha value is -1.49. The molecule has 15 heavy (non-hydrogen) atoms. The van der Waals surface area contributed by atoms with E-state index in [1.165, 1.54) is 18.2 Å². The number of hydrogen-bond acceptors (Lipinski definition) is 2. The second kappa shape index (κ2) is 4.35. The molecular formula is C10H10F3NO. The lowest BCUT2D eigenvalue weighted by Gasteiger charge is -2.09. The molecule has 0 bridgehead atoms. The SMILES string of the molecule is NC/C=C/c1ccc(O)c(C(F)(F)F)c1. The van der Waals surface area contributed by atoms with Gasteiger partial charge in [-0.15, -0.1) is 0 Å². The van der Waals surface area contributed by atoms with E-state index in [-0.39, 0.29) is 6.54 Å². The van der Waals surface area contributed by atoms with Crippen molar-refractivity contribution in [1.82, 2.24) is 0 Å². The summed E-state index contributed by atoms with van der Waals surface area (Å²) in [4.78, 5) is 0. The zero-order valence-electron chi connectivity index (χ0n) is 7.75. The van der Waals surface area contributed by atoms with Crippen molar-refractivity contribution < 1.29 is 18.3 Å². The molecule has 0 fully saturated rings. The van der Waals surface area contributed by atoms with Gasteiger partial charge in [0.2, 0.25) is 0 Å². The molecule has 1 aromatic rings. The number of phenols is 1. The normalized spacial score (nSPS) is 12.3. The summed E-state index contributed by atoms with van der Waals surface area (Å²) in [6, 6.07) is 3.28. The first-order valence-electron chi connectivity index (χ1n) is 4.22. The summed E-state index contributed by atoms with van der Waals surface area (Å²) < 4.78 is 37.0. The summed E-state index contributed by atoms with van der Waals surface area (Å²) in [7, 11) is 0. The summed E-state index contributed by atoms with van der Waals surface area (Å²) in [6.45, 7) is 0.252. The van der Waals surface area contributed by atoms with Gasteiger partial charge in [-0.25, -0.2) is 0 Å². The van der Waals surface area contributed by atoms with Gasteiger partial charge < -0.3 is 10.8 Å². The highest BCUT2D eigenvalue weighted by molar-refractivity contribution is 5.53. The van der Waals surface area contributed by atoms with Crippen molar-refractivity contribution in [2.45, 2.75) is 6.18 Å². The summed E-state index contributed by atoms with van der Waals surface area (Å²) >= 11 is 0. The molecule has 0 aliphatic rings. The van der Waals surface area contributed by atoms with E-state index in [0.717, 1.165) is 12.1 Å². The summed E-state index contributed by atoms with van der Waals surface area (Å²) in [6.07, 6.45) is -1.54. The number of nitrogens with two attached hydrogens (primary N) is 1. The molecule has 3 N–H and O–H groups in total. The lowest BCUT2D eigenvalue weighted by molar-refractivity contribution is -0.138. The number of halogens is 3. The van der Waals surface area contributed by atoms with Crippen LogP contribution in [0.4, 0.5) is 13.2 Å². The third-order valence-corrected chi connectivity index (χ3v) is 1.77. The molecule has 1 aromatic carbocycles. The predicted octanol–water partition coefficient (Wildman–Crippen LogP) is 2.38. The van der Waals surface area contributed by atoms with Gasteiger partial charge in [0.1, 0.15) is 5.75 Å². The Balaban J connectivity index is 3.11. The maximum Gasteiger partial charge on any atom is 0.419 e. The zero-order valence-corrected chi connectivity index (χ0v) is 7.75. The van der Waals surface area contributed by atoms with Crippen molar-refractivity contribution in [3.05, 3.63) is 35.4 Å². The van der Waals surface area contributed by atoms with Crippen molar-refractivity contribution in [1.29, 1.82) is 0 Å². The van der Waals surface area contributed by atoms with Crippen LogP contribution in [0.15, 0.2) is 24.3 Å². The monoisotopic (exact) mass is 217 g/mol. The minimum Gasteiger partial charge on any atom is -0.507 e. The molecule has 0 unspecified atom stereocenters. The highest BCUT2D eigenvalue weighted by Gasteiger charge is 2.33. The van der Waals surface area contributed by atoms with Gasteiger partial charge in [0.05, 0.1) is 5.56 Å². The predicted molar refractivity (Wildman–Crippen MR) is 51.2 cm³/mol. The van der Waals surface area contributed by atoms with Crippen LogP contribution in [0.25, 0.3) is 6.08 Å². The molecule has 0 saturated carbocycles. The quantitative estimate of drug-likeness (QED) is 0.798. The van der Waals surface area contributed by atoms with Gasteiger partial charge in [0, 0.05) is 6.54 Å². The molecule has 0 radical (unpaired) electrons. The standard InChI is InChI=1S/C10H10F3NO/c11-10(12,13)8-6-7(2-1-5-14)3-4-9(8)15/h1-4,6,15H,5,14H2/b2-1+. The Labute approximate surface area is 84.8 Å². The van der Waals surface area contributed by atoms with Gasteiger partial charge in [-0.3, -0.25) is 0 Å². The summed E-state index contributed by atoms with van der Waals surface area (Å²) in [5.74, 6) is -0.771. The minimum atomic E-state index is -4.54. The van der Waals surface area contributed by atoms with E-state index in [0.29, 0.717) is 5.56 Å². The molecular weight excluding hydrogens is 207 g/mol. The molecule has 0 amide bonds. The number of benzene rings is 1. The molecule has 0 saturated heterocycles. The van der Waals surface area contributed by atoms with Crippen LogP contribution >= 0.6 is 0 Å². The second-order valence-corrected chi connectivity index (χ2v) is 2.91. The fourth-order valence-corrected chi connectivity index (χ4v) is 1.09. The first-order chi connectivity index (χ1) is 6.95. The number of rotatable bonds is 2. The van der Waals surface area contributed by atoms with Crippen LogP contribution in [0.2, 0.25) is 0 Å². The first kappa shape index (κ1) is 11.6. The molecule has 2 nitrogen and oxygen atoms in total. The van der Waals surface area contributed by atoms with Crippen LogP contribution < -0.4 is 5.73 Å². The fraction of sp³-hybridized carbons (Fsp3) is 0.200. The van der Waals surface area contributed by atoms with E-state index in [4.69, 9.17) is 10.8 Å². The van der Waals surface area contributed by atoms with Crippen molar-refractivity contribution in [2.75, 3.05) is 6.54 Å². The Morgan fingerprint density at radius 2 is 2.00 bits per heavy atom. The number of alkyl halides is 3. The average molecular weight is 217 g/mol. The van der Waals surface area contributed by atoms with E-state index in [2.05, 4.69) is 0 Å². The third kappa shape index (κ3) is 2.99. The largest absolute Gasteiger partial charge is 0.507 e. The molecule has 1 rings (SSSR count). The molecule has 0 atom stereocenters. The average Bonchev–Trinajstić information content (AvgIpc) is 2.15. The van der Waals surface area contributed by atoms with Gasteiger partial charge in [-0.2, -0.15) is 13.2 Å². The van der Waals surface area contributed by atoms with Crippen molar-refractivity contribution in [3.63, 3.8) is 0 Å². The Bertz CT molecular complexity index is 371. The fourth-order valence-electron chi connectivity index (χ4n) is 1.09. The van der Waals surface area contributed by atoms with E-state index < -0.39 is 17.5 Å². The minimum absolute atomic E-state index is 0.252. The van der Waals surface area contributed by atoms with Crippen molar-refractivity contribution in [2.24, 2.45) is 5.73 Å². The van der Waals surface area contributed by atoms with Crippen molar-refractivity contribution in [3.8, 4) is 5.75 Å². The van der Waals surface area contributed by atoms with Gasteiger partial charge in [0.15, 0.2) is 0 Å². The first-order valence-corrected chi connectivity index (χ1v) is 4.22. The maximum atomic E-state index is 12.3. The highest BCUT2D eigenvalue weighted by atomic mass is 19.4. The highest BCUT2D eigenvalue weighted by Crippen LogP contribution is 2.36. The van der Waals surface area contributed by atoms with E-state index in [1.54, 1.807) is 0 Å². The van der Waals surface area contributed by atoms with Gasteiger partial charge >= 0.3 is 6.18 Å². The Morgan fingerprint density at radius 3 is 2.53 bits per heavy atom. The maximum absolute atomic E-state index is 12.3.